The minimum atomic E-state index is -0.760. The van der Waals surface area contributed by atoms with Gasteiger partial charge in [-0.25, -0.2) is 0 Å². The quantitative estimate of drug-likeness (QED) is 0.448. The summed E-state index contributed by atoms with van der Waals surface area (Å²) >= 11 is 5.70. The lowest BCUT2D eigenvalue weighted by molar-refractivity contribution is -0.498. The lowest BCUT2D eigenvalue weighted by Gasteiger charge is -1.96. The molecule has 0 bridgehead atoms. The molecule has 0 radical (unpaired) electrons. The molecule has 1 aliphatic rings. The van der Waals surface area contributed by atoms with Gasteiger partial charge in [-0.15, -0.1) is 0 Å². The predicted octanol–water partition coefficient (Wildman–Crippen LogP) is 1.90. The van der Waals surface area contributed by atoms with E-state index in [9.17, 15) is 14.9 Å². The van der Waals surface area contributed by atoms with Gasteiger partial charge < -0.3 is 4.79 Å². The molecule has 0 spiro atoms. The van der Waals surface area contributed by atoms with Gasteiger partial charge in [0.15, 0.2) is 0 Å². The van der Waals surface area contributed by atoms with Gasteiger partial charge in [-0.05, 0) is 17.7 Å². The van der Waals surface area contributed by atoms with E-state index in [4.69, 9.17) is 11.6 Å². The van der Waals surface area contributed by atoms with Crippen LogP contribution in [-0.4, -0.2) is 17.3 Å². The highest BCUT2D eigenvalue weighted by Gasteiger charge is 2.61. The fraction of sp³-hybridized carbons (Fsp3) is 0.300. The first-order valence-corrected chi connectivity index (χ1v) is 4.87. The zero-order valence-corrected chi connectivity index (χ0v) is 8.42. The van der Waals surface area contributed by atoms with Gasteiger partial charge in [0.1, 0.15) is 6.29 Å². The Hall–Kier alpha value is -1.42. The summed E-state index contributed by atoms with van der Waals surface area (Å²) in [5.41, 5.74) is 0.804. The monoisotopic (exact) mass is 225 g/mol. The summed E-state index contributed by atoms with van der Waals surface area (Å²) < 4.78 is 0. The molecule has 4 nitrogen and oxygen atoms in total. The zero-order chi connectivity index (χ0) is 11.0. The van der Waals surface area contributed by atoms with Crippen LogP contribution in [0.1, 0.15) is 11.5 Å². The molecule has 3 atom stereocenters. The molecule has 0 aliphatic heterocycles. The molecule has 78 valence electrons. The minimum Gasteiger partial charge on any atom is -0.303 e. The Bertz CT molecular complexity index is 404. The summed E-state index contributed by atoms with van der Waals surface area (Å²) in [5, 5.41) is 11.2. The van der Waals surface area contributed by atoms with Gasteiger partial charge in [-0.1, -0.05) is 23.7 Å². The third kappa shape index (κ3) is 1.72. The maximum Gasteiger partial charge on any atom is 0.231 e. The molecule has 1 aliphatic carbocycles. The summed E-state index contributed by atoms with van der Waals surface area (Å²) in [4.78, 5) is 20.8. The van der Waals surface area contributed by atoms with Crippen LogP contribution in [0, 0.1) is 16.0 Å². The Morgan fingerprint density at radius 1 is 1.33 bits per heavy atom. The first-order valence-electron chi connectivity index (χ1n) is 4.49. The Kier molecular flexibility index (Phi) is 2.44. The second kappa shape index (κ2) is 3.62. The SMILES string of the molecule is O=C[C@@H]1[C@@H](c2ccc(Cl)cc2)[C@@H]1[N+](=O)[O-]. The Balaban J connectivity index is 2.22. The molecule has 2 rings (SSSR count). The number of aldehydes is 1. The number of carbonyl (C=O) groups excluding carboxylic acids is 1. The van der Waals surface area contributed by atoms with Gasteiger partial charge >= 0.3 is 0 Å². The lowest BCUT2D eigenvalue weighted by atomic mass is 10.1. The molecule has 0 heterocycles. The summed E-state index contributed by atoms with van der Waals surface area (Å²) in [5.74, 6) is -0.768. The molecule has 1 aromatic rings. The first-order chi connectivity index (χ1) is 7.15. The second-order valence-corrected chi connectivity index (χ2v) is 4.00. The van der Waals surface area contributed by atoms with Crippen LogP contribution in [0.5, 0.6) is 0 Å². The molecule has 1 aromatic carbocycles. The normalized spacial score (nSPS) is 28.5. The van der Waals surface area contributed by atoms with E-state index in [2.05, 4.69) is 0 Å². The average Bonchev–Trinajstić information content (AvgIpc) is 2.93. The number of nitrogens with zero attached hydrogens (tertiary/aromatic N) is 1. The predicted molar refractivity (Wildman–Crippen MR) is 54.5 cm³/mol. The molecule has 0 aromatic heterocycles. The summed E-state index contributed by atoms with van der Waals surface area (Å²) in [6.07, 6.45) is 0.659. The van der Waals surface area contributed by atoms with Gasteiger partial charge in [0, 0.05) is 9.95 Å². The van der Waals surface area contributed by atoms with E-state index in [1.165, 1.54) is 0 Å². The number of rotatable bonds is 3. The maximum atomic E-state index is 10.6. The molecule has 15 heavy (non-hydrogen) atoms. The number of carbonyl (C=O) groups is 1. The van der Waals surface area contributed by atoms with E-state index in [0.717, 1.165) is 5.56 Å². The fourth-order valence-corrected chi connectivity index (χ4v) is 1.98. The molecule has 1 saturated carbocycles. The van der Waals surface area contributed by atoms with Crippen LogP contribution in [0.4, 0.5) is 0 Å². The van der Waals surface area contributed by atoms with Crippen LogP contribution >= 0.6 is 11.6 Å². The number of halogens is 1. The van der Waals surface area contributed by atoms with Gasteiger partial charge in [-0.2, -0.15) is 0 Å². The number of nitro groups is 1. The highest BCUT2D eigenvalue weighted by atomic mass is 35.5. The fourth-order valence-electron chi connectivity index (χ4n) is 1.86. The Morgan fingerprint density at radius 3 is 2.33 bits per heavy atom. The standard InChI is InChI=1S/C10H8ClNO3/c11-7-3-1-6(2-4-7)9-8(5-13)10(9)12(14)15/h1-5,8-10H/t8-,9-,10-/m1/s1. The van der Waals surface area contributed by atoms with Gasteiger partial charge in [-0.3, -0.25) is 10.1 Å². The minimum absolute atomic E-state index is 0.283. The first kappa shape index (κ1) is 10.1. The third-order valence-electron chi connectivity index (χ3n) is 2.69. The van der Waals surface area contributed by atoms with Crippen molar-refractivity contribution in [2.45, 2.75) is 12.0 Å². The molecule has 1 fully saturated rings. The van der Waals surface area contributed by atoms with Crippen molar-refractivity contribution in [2.75, 3.05) is 0 Å². The largest absolute Gasteiger partial charge is 0.303 e. The average molecular weight is 226 g/mol. The van der Waals surface area contributed by atoms with Crippen molar-refractivity contribution in [3.8, 4) is 0 Å². The van der Waals surface area contributed by atoms with Gasteiger partial charge in [0.05, 0.1) is 11.8 Å². The summed E-state index contributed by atoms with van der Waals surface area (Å²) in [6, 6.07) is 6.05. The molecular weight excluding hydrogens is 218 g/mol. The Labute approximate surface area is 91.0 Å². The number of benzene rings is 1. The van der Waals surface area contributed by atoms with Crippen LogP contribution in [0.3, 0.4) is 0 Å². The third-order valence-corrected chi connectivity index (χ3v) is 2.94. The van der Waals surface area contributed by atoms with Gasteiger partial charge in [0.2, 0.25) is 6.04 Å². The molecular formula is C10H8ClNO3. The van der Waals surface area contributed by atoms with Crippen molar-refractivity contribution >= 4 is 17.9 Å². The molecule has 0 saturated heterocycles. The highest BCUT2D eigenvalue weighted by molar-refractivity contribution is 6.30. The highest BCUT2D eigenvalue weighted by Crippen LogP contribution is 2.48. The van der Waals surface area contributed by atoms with Crippen LogP contribution in [0.2, 0.25) is 5.02 Å². The van der Waals surface area contributed by atoms with Crippen molar-refractivity contribution < 1.29 is 9.72 Å². The van der Waals surface area contributed by atoms with Crippen molar-refractivity contribution in [1.29, 1.82) is 0 Å². The van der Waals surface area contributed by atoms with Crippen LogP contribution in [0.25, 0.3) is 0 Å². The number of hydrogen-bond acceptors (Lipinski definition) is 3. The molecule has 0 amide bonds. The summed E-state index contributed by atoms with van der Waals surface area (Å²) in [7, 11) is 0. The smallest absolute Gasteiger partial charge is 0.231 e. The van der Waals surface area contributed by atoms with E-state index in [0.29, 0.717) is 11.3 Å². The molecule has 5 heteroatoms. The van der Waals surface area contributed by atoms with E-state index in [-0.39, 0.29) is 5.92 Å². The maximum absolute atomic E-state index is 10.6. The van der Waals surface area contributed by atoms with E-state index in [1.54, 1.807) is 24.3 Å². The van der Waals surface area contributed by atoms with E-state index in [1.807, 2.05) is 0 Å². The van der Waals surface area contributed by atoms with E-state index >= 15 is 0 Å². The molecule has 0 N–H and O–H groups in total. The van der Waals surface area contributed by atoms with Crippen LogP contribution in [0.15, 0.2) is 24.3 Å². The van der Waals surface area contributed by atoms with Crippen LogP contribution in [-0.2, 0) is 4.79 Å². The second-order valence-electron chi connectivity index (χ2n) is 3.57. The van der Waals surface area contributed by atoms with Crippen molar-refractivity contribution in [3.05, 3.63) is 45.0 Å². The topological polar surface area (TPSA) is 60.2 Å². The Morgan fingerprint density at radius 2 is 1.93 bits per heavy atom. The molecule has 0 unspecified atom stereocenters. The van der Waals surface area contributed by atoms with Crippen molar-refractivity contribution in [2.24, 2.45) is 5.92 Å². The van der Waals surface area contributed by atoms with Crippen LogP contribution < -0.4 is 0 Å². The zero-order valence-electron chi connectivity index (χ0n) is 7.67. The van der Waals surface area contributed by atoms with Crippen molar-refractivity contribution in [1.82, 2.24) is 0 Å². The summed E-state index contributed by atoms with van der Waals surface area (Å²) in [6.45, 7) is 0. The van der Waals surface area contributed by atoms with E-state index < -0.39 is 16.9 Å². The lowest BCUT2D eigenvalue weighted by Crippen LogP contribution is -2.05. The van der Waals surface area contributed by atoms with Gasteiger partial charge in [0.25, 0.3) is 0 Å². The number of hydrogen-bond donors (Lipinski definition) is 0. The van der Waals surface area contributed by atoms with Crippen molar-refractivity contribution in [3.63, 3.8) is 0 Å².